The van der Waals surface area contributed by atoms with Gasteiger partial charge in [0, 0.05) is 23.9 Å². The average molecular weight is 249 g/mol. The number of ether oxygens (including phenoxy) is 1. The van der Waals surface area contributed by atoms with E-state index in [0.29, 0.717) is 0 Å². The number of hydrogen-bond acceptors (Lipinski definition) is 1. The monoisotopic (exact) mass is 250 g/mol. The molecule has 0 aliphatic rings. The molecule has 0 heterocycles. The first-order chi connectivity index (χ1) is 3.71. The Morgan fingerprint density at radius 2 is 0.900 bits per heavy atom. The summed E-state index contributed by atoms with van der Waals surface area (Å²) in [7, 11) is 0. The fourth-order valence-electron chi connectivity index (χ4n) is 0.919. The van der Waals surface area contributed by atoms with E-state index >= 15 is 0 Å². The standard InChI is InChI=1S/C8H18O.Sn/c1-7(2,3)9-8(4,5)6;/h1-6H3;. The molecular formula is C8H18OSn. The van der Waals surface area contributed by atoms with E-state index in [1.807, 2.05) is 0 Å². The molecule has 0 atom stereocenters. The first-order valence-corrected chi connectivity index (χ1v) is 3.41. The molecule has 1 nitrogen and oxygen atoms in total. The minimum atomic E-state index is -0.0156. The molecule has 0 spiro atoms. The molecule has 0 bridgehead atoms. The van der Waals surface area contributed by atoms with Crippen molar-refractivity contribution in [3.63, 3.8) is 0 Å². The van der Waals surface area contributed by atoms with Gasteiger partial charge < -0.3 is 4.74 Å². The van der Waals surface area contributed by atoms with Crippen molar-refractivity contribution >= 4 is 23.9 Å². The third-order valence-corrected chi connectivity index (χ3v) is 0.612. The summed E-state index contributed by atoms with van der Waals surface area (Å²) in [6, 6.07) is 0. The predicted molar refractivity (Wildman–Crippen MR) is 46.3 cm³/mol. The SMILES string of the molecule is CC(C)(C)OC(C)(C)C.[Sn]. The van der Waals surface area contributed by atoms with Gasteiger partial charge in [-0.05, 0) is 41.5 Å². The average Bonchev–Trinajstić information content (AvgIpc) is 1.14. The molecule has 0 rings (SSSR count). The summed E-state index contributed by atoms with van der Waals surface area (Å²) < 4.78 is 5.62. The van der Waals surface area contributed by atoms with Crippen molar-refractivity contribution in [1.82, 2.24) is 0 Å². The largest absolute Gasteiger partial charge is 0.370 e. The zero-order valence-corrected chi connectivity index (χ0v) is 10.8. The molecule has 0 unspecified atom stereocenters. The van der Waals surface area contributed by atoms with Gasteiger partial charge in [0.2, 0.25) is 0 Å². The van der Waals surface area contributed by atoms with Crippen molar-refractivity contribution in [2.45, 2.75) is 52.7 Å². The summed E-state index contributed by atoms with van der Waals surface area (Å²) in [6.45, 7) is 12.4. The Hall–Kier alpha value is 0.759. The Bertz CT molecular complexity index is 74.4. The van der Waals surface area contributed by atoms with Crippen molar-refractivity contribution in [2.24, 2.45) is 0 Å². The maximum absolute atomic E-state index is 5.62. The van der Waals surface area contributed by atoms with Crippen LogP contribution in [-0.4, -0.2) is 35.1 Å². The smallest absolute Gasteiger partial charge is 0.0605 e. The number of hydrogen-bond donors (Lipinski definition) is 0. The van der Waals surface area contributed by atoms with Gasteiger partial charge in [0.15, 0.2) is 0 Å². The van der Waals surface area contributed by atoms with Gasteiger partial charge in [0.1, 0.15) is 0 Å². The quantitative estimate of drug-likeness (QED) is 0.598. The van der Waals surface area contributed by atoms with Gasteiger partial charge in [-0.3, -0.25) is 0 Å². The van der Waals surface area contributed by atoms with E-state index in [9.17, 15) is 0 Å². The second-order valence-corrected chi connectivity index (χ2v) is 4.33. The van der Waals surface area contributed by atoms with Crippen LogP contribution in [0.1, 0.15) is 41.5 Å². The van der Waals surface area contributed by atoms with Crippen LogP contribution in [-0.2, 0) is 4.74 Å². The van der Waals surface area contributed by atoms with E-state index in [-0.39, 0.29) is 35.1 Å². The molecular weight excluding hydrogens is 231 g/mol. The fourth-order valence-corrected chi connectivity index (χ4v) is 0.919. The van der Waals surface area contributed by atoms with E-state index in [4.69, 9.17) is 4.74 Å². The summed E-state index contributed by atoms with van der Waals surface area (Å²) in [4.78, 5) is 0. The van der Waals surface area contributed by atoms with E-state index in [1.54, 1.807) is 0 Å². The molecule has 2 heteroatoms. The maximum Gasteiger partial charge on any atom is 0.0605 e. The third-order valence-electron chi connectivity index (χ3n) is 0.612. The molecule has 0 aromatic carbocycles. The van der Waals surface area contributed by atoms with Gasteiger partial charge in [-0.25, -0.2) is 0 Å². The molecule has 0 aromatic heterocycles. The fraction of sp³-hybridized carbons (Fsp3) is 1.00. The molecule has 0 aromatic rings. The Labute approximate surface area is 81.5 Å². The Morgan fingerprint density at radius 3 is 0.900 bits per heavy atom. The summed E-state index contributed by atoms with van der Waals surface area (Å²) in [5.41, 5.74) is -0.0312. The minimum Gasteiger partial charge on any atom is -0.370 e. The molecule has 0 saturated heterocycles. The zero-order valence-electron chi connectivity index (χ0n) is 7.91. The number of rotatable bonds is 0. The van der Waals surface area contributed by atoms with Gasteiger partial charge in [-0.15, -0.1) is 0 Å². The summed E-state index contributed by atoms with van der Waals surface area (Å²) in [5.74, 6) is 0. The second kappa shape index (κ2) is 3.95. The summed E-state index contributed by atoms with van der Waals surface area (Å²) in [5, 5.41) is 0. The first kappa shape index (κ1) is 13.4. The van der Waals surface area contributed by atoms with Crippen molar-refractivity contribution in [3.8, 4) is 0 Å². The van der Waals surface area contributed by atoms with Crippen LogP contribution >= 0.6 is 0 Å². The predicted octanol–water partition coefficient (Wildman–Crippen LogP) is 2.22. The van der Waals surface area contributed by atoms with Gasteiger partial charge in [0.25, 0.3) is 0 Å². The molecule has 0 aliphatic carbocycles. The molecule has 0 fully saturated rings. The molecule has 60 valence electrons. The van der Waals surface area contributed by atoms with Crippen LogP contribution in [0.5, 0.6) is 0 Å². The van der Waals surface area contributed by atoms with Crippen LogP contribution in [0, 0.1) is 0 Å². The molecule has 0 amide bonds. The maximum atomic E-state index is 5.62. The van der Waals surface area contributed by atoms with Crippen molar-refractivity contribution < 1.29 is 4.74 Å². The van der Waals surface area contributed by atoms with E-state index in [1.165, 1.54) is 0 Å². The van der Waals surface area contributed by atoms with Gasteiger partial charge in [-0.1, -0.05) is 0 Å². The van der Waals surface area contributed by atoms with Crippen LogP contribution in [0.2, 0.25) is 0 Å². The van der Waals surface area contributed by atoms with Gasteiger partial charge in [0.05, 0.1) is 11.2 Å². The second-order valence-electron chi connectivity index (χ2n) is 4.33. The van der Waals surface area contributed by atoms with Gasteiger partial charge in [-0.2, -0.15) is 0 Å². The topological polar surface area (TPSA) is 9.23 Å². The van der Waals surface area contributed by atoms with Crippen LogP contribution in [0.3, 0.4) is 0 Å². The van der Waals surface area contributed by atoms with Crippen LogP contribution in [0.25, 0.3) is 0 Å². The molecule has 0 aliphatic heterocycles. The Kier molecular flexibility index (Phi) is 5.28. The normalized spacial score (nSPS) is 12.6. The van der Waals surface area contributed by atoms with Crippen LogP contribution in [0.4, 0.5) is 0 Å². The molecule has 10 heavy (non-hydrogen) atoms. The third kappa shape index (κ3) is 11.5. The van der Waals surface area contributed by atoms with E-state index in [0.717, 1.165) is 0 Å². The minimum absolute atomic E-state index is 0. The zero-order chi connectivity index (χ0) is 7.71. The van der Waals surface area contributed by atoms with Crippen molar-refractivity contribution in [2.75, 3.05) is 0 Å². The van der Waals surface area contributed by atoms with E-state index < -0.39 is 0 Å². The Morgan fingerprint density at radius 1 is 0.700 bits per heavy atom. The van der Waals surface area contributed by atoms with Crippen molar-refractivity contribution in [1.29, 1.82) is 0 Å². The summed E-state index contributed by atoms with van der Waals surface area (Å²) in [6.07, 6.45) is 0. The first-order valence-electron chi connectivity index (χ1n) is 3.41. The van der Waals surface area contributed by atoms with Crippen LogP contribution < -0.4 is 0 Å². The van der Waals surface area contributed by atoms with Crippen molar-refractivity contribution in [3.05, 3.63) is 0 Å². The van der Waals surface area contributed by atoms with Crippen LogP contribution in [0.15, 0.2) is 0 Å². The summed E-state index contributed by atoms with van der Waals surface area (Å²) >= 11 is 0. The molecule has 0 N–H and O–H groups in total. The Balaban J connectivity index is 0. The molecule has 4 radical (unpaired) electrons. The molecule has 0 saturated carbocycles. The van der Waals surface area contributed by atoms with Gasteiger partial charge >= 0.3 is 0 Å². The van der Waals surface area contributed by atoms with E-state index in [2.05, 4.69) is 41.5 Å².